The normalized spacial score (nSPS) is 24.5. The molecular formula is C13H10O2S. The number of fused-ring (bicyclic) bond motifs is 2. The van der Waals surface area contributed by atoms with E-state index in [1.165, 1.54) is 5.41 Å². The molecule has 1 aromatic carbocycles. The highest BCUT2D eigenvalue weighted by Crippen LogP contribution is 2.22. The van der Waals surface area contributed by atoms with Crippen LogP contribution in [0, 0.1) is 0 Å². The van der Waals surface area contributed by atoms with E-state index in [0.29, 0.717) is 0 Å². The zero-order valence-electron chi connectivity index (χ0n) is 8.50. The molecule has 0 radical (unpaired) electrons. The quantitative estimate of drug-likeness (QED) is 0.650. The summed E-state index contributed by atoms with van der Waals surface area (Å²) in [7, 11) is -3.16. The van der Waals surface area contributed by atoms with Gasteiger partial charge in [0.25, 0.3) is 0 Å². The Morgan fingerprint density at radius 3 is 2.62 bits per heavy atom. The van der Waals surface area contributed by atoms with Gasteiger partial charge >= 0.3 is 0 Å². The SMILES string of the molecule is O=S1(=O)C=CC=C2C=c3ccccc3=CC21. The van der Waals surface area contributed by atoms with Gasteiger partial charge in [-0.2, -0.15) is 0 Å². The Morgan fingerprint density at radius 1 is 1.06 bits per heavy atom. The number of sulfone groups is 1. The molecule has 0 amide bonds. The Morgan fingerprint density at radius 2 is 1.81 bits per heavy atom. The van der Waals surface area contributed by atoms with Crippen molar-refractivity contribution in [3.05, 3.63) is 57.8 Å². The Kier molecular flexibility index (Phi) is 1.91. The number of allylic oxidation sites excluding steroid dienone is 2. The van der Waals surface area contributed by atoms with Crippen LogP contribution in [-0.4, -0.2) is 13.7 Å². The van der Waals surface area contributed by atoms with E-state index in [-0.39, 0.29) is 0 Å². The van der Waals surface area contributed by atoms with Crippen LogP contribution in [0.15, 0.2) is 47.4 Å². The minimum atomic E-state index is -3.16. The van der Waals surface area contributed by atoms with E-state index in [2.05, 4.69) is 0 Å². The molecule has 0 saturated carbocycles. The fourth-order valence-electron chi connectivity index (χ4n) is 2.09. The third kappa shape index (κ3) is 1.36. The summed E-state index contributed by atoms with van der Waals surface area (Å²) >= 11 is 0. The molecule has 80 valence electrons. The van der Waals surface area contributed by atoms with Crippen LogP contribution < -0.4 is 10.4 Å². The molecular weight excluding hydrogens is 220 g/mol. The maximum Gasteiger partial charge on any atom is 0.182 e. The van der Waals surface area contributed by atoms with Crippen molar-refractivity contribution >= 4 is 22.0 Å². The molecule has 2 nitrogen and oxygen atoms in total. The van der Waals surface area contributed by atoms with Crippen molar-refractivity contribution in [3.8, 4) is 0 Å². The molecule has 1 aliphatic heterocycles. The lowest BCUT2D eigenvalue weighted by molar-refractivity contribution is 0.603. The van der Waals surface area contributed by atoms with Crippen molar-refractivity contribution in [2.24, 2.45) is 0 Å². The summed E-state index contributed by atoms with van der Waals surface area (Å²) in [5.74, 6) is 0. The molecule has 0 aromatic heterocycles. The molecule has 0 N–H and O–H groups in total. The van der Waals surface area contributed by atoms with Crippen LogP contribution in [0.5, 0.6) is 0 Å². The molecule has 0 saturated heterocycles. The van der Waals surface area contributed by atoms with Crippen LogP contribution in [0.3, 0.4) is 0 Å². The van der Waals surface area contributed by atoms with Crippen LogP contribution in [0.2, 0.25) is 0 Å². The maximum atomic E-state index is 11.8. The minimum Gasteiger partial charge on any atom is -0.223 e. The summed E-state index contributed by atoms with van der Waals surface area (Å²) in [6, 6.07) is 7.81. The number of rotatable bonds is 0. The van der Waals surface area contributed by atoms with Crippen LogP contribution in [0.1, 0.15) is 0 Å². The highest BCUT2D eigenvalue weighted by molar-refractivity contribution is 7.95. The van der Waals surface area contributed by atoms with Gasteiger partial charge in [-0.15, -0.1) is 0 Å². The topological polar surface area (TPSA) is 34.1 Å². The fourth-order valence-corrected chi connectivity index (χ4v) is 3.42. The second-order valence-electron chi connectivity index (χ2n) is 3.94. The average molecular weight is 230 g/mol. The zero-order chi connectivity index (χ0) is 11.2. The van der Waals surface area contributed by atoms with Crippen molar-refractivity contribution < 1.29 is 8.42 Å². The second-order valence-corrected chi connectivity index (χ2v) is 5.90. The van der Waals surface area contributed by atoms with Crippen LogP contribution in [0.25, 0.3) is 12.2 Å². The predicted octanol–water partition coefficient (Wildman–Crippen LogP) is 0.498. The molecule has 3 heteroatoms. The van der Waals surface area contributed by atoms with Gasteiger partial charge in [-0.1, -0.05) is 42.5 Å². The van der Waals surface area contributed by atoms with Gasteiger partial charge in [-0.3, -0.25) is 0 Å². The first-order chi connectivity index (χ1) is 7.67. The van der Waals surface area contributed by atoms with Crippen LogP contribution >= 0.6 is 0 Å². The molecule has 0 fully saturated rings. The van der Waals surface area contributed by atoms with Crippen molar-refractivity contribution in [1.29, 1.82) is 0 Å². The number of benzene rings is 1. The fraction of sp³-hybridized carbons (Fsp3) is 0.0769. The molecule has 2 aliphatic rings. The molecule has 1 unspecified atom stereocenters. The largest absolute Gasteiger partial charge is 0.223 e. The smallest absolute Gasteiger partial charge is 0.182 e. The van der Waals surface area contributed by atoms with Crippen molar-refractivity contribution in [1.82, 2.24) is 0 Å². The van der Waals surface area contributed by atoms with E-state index in [4.69, 9.17) is 0 Å². The molecule has 16 heavy (non-hydrogen) atoms. The lowest BCUT2D eigenvalue weighted by Crippen LogP contribution is -2.34. The summed E-state index contributed by atoms with van der Waals surface area (Å²) in [6.45, 7) is 0. The van der Waals surface area contributed by atoms with Crippen LogP contribution in [-0.2, 0) is 9.84 Å². The molecule has 0 bridgehead atoms. The van der Waals surface area contributed by atoms with Gasteiger partial charge in [-0.05, 0) is 22.1 Å². The Bertz CT molecular complexity index is 721. The van der Waals surface area contributed by atoms with Gasteiger partial charge in [0.15, 0.2) is 9.84 Å². The number of hydrogen-bond donors (Lipinski definition) is 0. The standard InChI is InChI=1S/C13H10O2S/c14-16(15)7-3-6-12-8-10-4-1-2-5-11(10)9-13(12)16/h1-9,13H. The number of hydrogen-bond acceptors (Lipinski definition) is 2. The first kappa shape index (κ1) is 9.60. The minimum absolute atomic E-state index is 0.507. The van der Waals surface area contributed by atoms with Crippen molar-refractivity contribution in [2.45, 2.75) is 5.25 Å². The Hall–Kier alpha value is -1.61. The van der Waals surface area contributed by atoms with E-state index in [1.54, 1.807) is 6.08 Å². The maximum absolute atomic E-state index is 11.8. The highest BCUT2D eigenvalue weighted by atomic mass is 32.2. The third-order valence-electron chi connectivity index (χ3n) is 2.89. The van der Waals surface area contributed by atoms with Gasteiger partial charge in [-0.25, -0.2) is 8.42 Å². The average Bonchev–Trinajstić information content (AvgIpc) is 2.27. The lowest BCUT2D eigenvalue weighted by atomic mass is 10.0. The monoisotopic (exact) mass is 230 g/mol. The summed E-state index contributed by atoms with van der Waals surface area (Å²) in [6.07, 6.45) is 7.22. The lowest BCUT2D eigenvalue weighted by Gasteiger charge is -2.18. The predicted molar refractivity (Wildman–Crippen MR) is 64.6 cm³/mol. The van der Waals surface area contributed by atoms with Crippen molar-refractivity contribution in [2.75, 3.05) is 0 Å². The second kappa shape index (κ2) is 3.19. The third-order valence-corrected chi connectivity index (χ3v) is 4.54. The molecule has 0 spiro atoms. The van der Waals surface area contributed by atoms with Gasteiger partial charge in [0.05, 0.1) is 0 Å². The van der Waals surface area contributed by atoms with Gasteiger partial charge in [0, 0.05) is 5.41 Å². The van der Waals surface area contributed by atoms with E-state index in [9.17, 15) is 8.42 Å². The van der Waals surface area contributed by atoms with Gasteiger partial charge in [0.1, 0.15) is 5.25 Å². The Labute approximate surface area is 93.8 Å². The van der Waals surface area contributed by atoms with E-state index in [0.717, 1.165) is 16.0 Å². The van der Waals surface area contributed by atoms with E-state index in [1.807, 2.05) is 42.5 Å². The van der Waals surface area contributed by atoms with E-state index >= 15 is 0 Å². The highest BCUT2D eigenvalue weighted by Gasteiger charge is 2.26. The zero-order valence-corrected chi connectivity index (χ0v) is 9.31. The molecule has 1 aromatic rings. The Balaban J connectivity index is 2.37. The molecule has 1 aliphatic carbocycles. The molecule has 3 rings (SSSR count). The summed E-state index contributed by atoms with van der Waals surface area (Å²) in [5, 5.41) is 2.84. The van der Waals surface area contributed by atoms with Gasteiger partial charge < -0.3 is 0 Å². The first-order valence-corrected chi connectivity index (χ1v) is 6.68. The van der Waals surface area contributed by atoms with Crippen LogP contribution in [0.4, 0.5) is 0 Å². The summed E-state index contributed by atoms with van der Waals surface area (Å²) in [4.78, 5) is 0. The van der Waals surface area contributed by atoms with Gasteiger partial charge in [0.2, 0.25) is 0 Å². The van der Waals surface area contributed by atoms with Crippen molar-refractivity contribution in [3.63, 3.8) is 0 Å². The molecule has 1 atom stereocenters. The molecule has 1 heterocycles. The van der Waals surface area contributed by atoms with E-state index < -0.39 is 15.1 Å². The first-order valence-electron chi connectivity index (χ1n) is 5.08. The summed E-state index contributed by atoms with van der Waals surface area (Å²) < 4.78 is 23.7. The summed E-state index contributed by atoms with van der Waals surface area (Å²) in [5.41, 5.74) is 0.848.